The lowest BCUT2D eigenvalue weighted by molar-refractivity contribution is 0.174. The highest BCUT2D eigenvalue weighted by Gasteiger charge is 2.15. The molecule has 4 rings (SSSR count). The van der Waals surface area contributed by atoms with Gasteiger partial charge in [-0.2, -0.15) is 0 Å². The quantitative estimate of drug-likeness (QED) is 0.705. The number of nitrogens with zero attached hydrogens (tertiary/aromatic N) is 1. The van der Waals surface area contributed by atoms with E-state index < -0.39 is 0 Å². The highest BCUT2D eigenvalue weighted by atomic mass is 32.1. The molecule has 0 unspecified atom stereocenters. The van der Waals surface area contributed by atoms with Gasteiger partial charge < -0.3 is 9.47 Å². The Morgan fingerprint density at radius 3 is 2.65 bits per heavy atom. The lowest BCUT2D eigenvalue weighted by atomic mass is 10.1. The van der Waals surface area contributed by atoms with E-state index in [1.165, 1.54) is 0 Å². The monoisotopic (exact) mass is 281 g/mol. The second-order valence-corrected chi connectivity index (χ2v) is 5.33. The van der Waals surface area contributed by atoms with E-state index in [0.717, 1.165) is 33.3 Å². The molecule has 98 valence electrons. The third kappa shape index (κ3) is 1.94. The summed E-state index contributed by atoms with van der Waals surface area (Å²) in [5.41, 5.74) is 3.16. The molecule has 0 N–H and O–H groups in total. The minimum atomic E-state index is 0.297. The number of fused-ring (bicyclic) bond motifs is 1. The fourth-order valence-corrected chi connectivity index (χ4v) is 3.01. The van der Waals surface area contributed by atoms with E-state index in [2.05, 4.69) is 17.5 Å². The van der Waals surface area contributed by atoms with Crippen molar-refractivity contribution in [3.63, 3.8) is 0 Å². The van der Waals surface area contributed by atoms with Crippen molar-refractivity contribution in [3.05, 3.63) is 53.9 Å². The third-order valence-electron chi connectivity index (χ3n) is 3.19. The number of hydrogen-bond donors (Lipinski definition) is 0. The van der Waals surface area contributed by atoms with Crippen LogP contribution in [0.15, 0.2) is 53.9 Å². The summed E-state index contributed by atoms with van der Waals surface area (Å²) in [6.45, 7) is 0.297. The maximum absolute atomic E-state index is 5.41. The Kier molecular flexibility index (Phi) is 2.67. The van der Waals surface area contributed by atoms with Gasteiger partial charge in [-0.25, -0.2) is 4.98 Å². The lowest BCUT2D eigenvalue weighted by Crippen LogP contribution is -1.92. The molecule has 1 aliphatic heterocycles. The molecule has 0 fully saturated rings. The van der Waals surface area contributed by atoms with Crippen molar-refractivity contribution in [2.45, 2.75) is 0 Å². The maximum atomic E-state index is 5.41. The van der Waals surface area contributed by atoms with Gasteiger partial charge in [0.25, 0.3) is 0 Å². The summed E-state index contributed by atoms with van der Waals surface area (Å²) in [4.78, 5) is 4.70. The summed E-state index contributed by atoms with van der Waals surface area (Å²) in [6.07, 6.45) is 0. The Morgan fingerprint density at radius 2 is 1.75 bits per heavy atom. The van der Waals surface area contributed by atoms with Crippen LogP contribution >= 0.6 is 11.3 Å². The number of ether oxygens (including phenoxy) is 2. The molecule has 2 aromatic carbocycles. The van der Waals surface area contributed by atoms with Crippen LogP contribution in [0.1, 0.15) is 0 Å². The summed E-state index contributed by atoms with van der Waals surface area (Å²) in [5.74, 6) is 1.59. The molecule has 1 aliphatic rings. The number of rotatable bonds is 2. The van der Waals surface area contributed by atoms with Gasteiger partial charge in [0.2, 0.25) is 6.79 Å². The molecule has 4 heteroatoms. The highest BCUT2D eigenvalue weighted by molar-refractivity contribution is 7.13. The average molecular weight is 281 g/mol. The summed E-state index contributed by atoms with van der Waals surface area (Å²) >= 11 is 1.65. The first-order chi connectivity index (χ1) is 9.90. The van der Waals surface area contributed by atoms with Gasteiger partial charge in [-0.3, -0.25) is 0 Å². The Morgan fingerprint density at radius 1 is 0.900 bits per heavy atom. The first-order valence-corrected chi connectivity index (χ1v) is 7.19. The Labute approximate surface area is 120 Å². The minimum Gasteiger partial charge on any atom is -0.454 e. The molecule has 0 spiro atoms. The molecular weight excluding hydrogens is 270 g/mol. The van der Waals surface area contributed by atoms with Crippen molar-refractivity contribution in [1.82, 2.24) is 4.98 Å². The maximum Gasteiger partial charge on any atom is 0.231 e. The molecule has 0 saturated carbocycles. The van der Waals surface area contributed by atoms with Crippen molar-refractivity contribution < 1.29 is 9.47 Å². The lowest BCUT2D eigenvalue weighted by Gasteiger charge is -1.99. The van der Waals surface area contributed by atoms with E-state index in [0.29, 0.717) is 6.79 Å². The Balaban J connectivity index is 1.72. The van der Waals surface area contributed by atoms with Crippen molar-refractivity contribution in [2.24, 2.45) is 0 Å². The van der Waals surface area contributed by atoms with Crippen molar-refractivity contribution in [1.29, 1.82) is 0 Å². The van der Waals surface area contributed by atoms with Crippen LogP contribution in [0.25, 0.3) is 21.8 Å². The number of hydrogen-bond acceptors (Lipinski definition) is 4. The number of aromatic nitrogens is 1. The summed E-state index contributed by atoms with van der Waals surface area (Å²) in [7, 11) is 0. The molecule has 0 saturated heterocycles. The molecule has 2 heterocycles. The molecule has 0 aliphatic carbocycles. The van der Waals surface area contributed by atoms with E-state index in [1.807, 2.05) is 36.4 Å². The topological polar surface area (TPSA) is 31.4 Å². The molecule has 20 heavy (non-hydrogen) atoms. The van der Waals surface area contributed by atoms with Gasteiger partial charge in [0.1, 0.15) is 5.01 Å². The zero-order chi connectivity index (χ0) is 13.4. The van der Waals surface area contributed by atoms with Gasteiger partial charge in [-0.1, -0.05) is 30.3 Å². The van der Waals surface area contributed by atoms with Crippen LogP contribution in [-0.4, -0.2) is 11.8 Å². The first kappa shape index (κ1) is 11.5. The van der Waals surface area contributed by atoms with Crippen LogP contribution in [-0.2, 0) is 0 Å². The molecule has 0 bridgehead atoms. The zero-order valence-corrected chi connectivity index (χ0v) is 11.4. The second-order valence-electron chi connectivity index (χ2n) is 4.47. The van der Waals surface area contributed by atoms with E-state index in [-0.39, 0.29) is 0 Å². The van der Waals surface area contributed by atoms with Crippen molar-refractivity contribution in [2.75, 3.05) is 6.79 Å². The first-order valence-electron chi connectivity index (χ1n) is 6.31. The highest BCUT2D eigenvalue weighted by Crippen LogP contribution is 2.37. The van der Waals surface area contributed by atoms with Crippen LogP contribution in [0, 0.1) is 0 Å². The van der Waals surface area contributed by atoms with Gasteiger partial charge in [-0.05, 0) is 18.2 Å². The number of thiazole rings is 1. The summed E-state index contributed by atoms with van der Waals surface area (Å²) < 4.78 is 10.7. The van der Waals surface area contributed by atoms with E-state index >= 15 is 0 Å². The van der Waals surface area contributed by atoms with Gasteiger partial charge in [0.05, 0.1) is 5.69 Å². The standard InChI is InChI=1S/C16H11NO2S/c1-2-4-11(5-3-1)16-17-13(9-20-16)12-6-7-14-15(8-12)19-10-18-14/h1-9H,10H2. The van der Waals surface area contributed by atoms with Gasteiger partial charge >= 0.3 is 0 Å². The van der Waals surface area contributed by atoms with E-state index in [4.69, 9.17) is 14.5 Å². The van der Waals surface area contributed by atoms with Crippen LogP contribution in [0.2, 0.25) is 0 Å². The smallest absolute Gasteiger partial charge is 0.231 e. The van der Waals surface area contributed by atoms with Gasteiger partial charge in [-0.15, -0.1) is 11.3 Å². The molecule has 1 aromatic heterocycles. The van der Waals surface area contributed by atoms with Crippen LogP contribution in [0.4, 0.5) is 0 Å². The second kappa shape index (κ2) is 4.65. The SMILES string of the molecule is c1ccc(-c2nc(-c3ccc4c(c3)OCO4)cs2)cc1. The summed E-state index contributed by atoms with van der Waals surface area (Å²) in [6, 6.07) is 16.1. The predicted molar refractivity (Wildman–Crippen MR) is 79.1 cm³/mol. The fourth-order valence-electron chi connectivity index (χ4n) is 2.18. The van der Waals surface area contributed by atoms with Crippen molar-refractivity contribution in [3.8, 4) is 33.3 Å². The largest absolute Gasteiger partial charge is 0.454 e. The molecule has 3 nitrogen and oxygen atoms in total. The Hall–Kier alpha value is -2.33. The van der Waals surface area contributed by atoms with Gasteiger partial charge in [0.15, 0.2) is 11.5 Å². The molecule has 0 radical (unpaired) electrons. The zero-order valence-electron chi connectivity index (χ0n) is 10.6. The van der Waals surface area contributed by atoms with Gasteiger partial charge in [0, 0.05) is 16.5 Å². The Bertz CT molecular complexity index is 752. The predicted octanol–water partition coefficient (Wildman–Crippen LogP) is 4.21. The molecular formula is C16H11NO2S. The molecule has 3 aromatic rings. The molecule has 0 amide bonds. The van der Waals surface area contributed by atoms with Crippen LogP contribution < -0.4 is 9.47 Å². The normalized spacial score (nSPS) is 12.6. The fraction of sp³-hybridized carbons (Fsp3) is 0.0625. The number of benzene rings is 2. The van der Waals surface area contributed by atoms with E-state index in [9.17, 15) is 0 Å². The average Bonchev–Trinajstić information content (AvgIpc) is 3.16. The third-order valence-corrected chi connectivity index (χ3v) is 4.08. The molecule has 0 atom stereocenters. The van der Waals surface area contributed by atoms with Crippen LogP contribution in [0.3, 0.4) is 0 Å². The van der Waals surface area contributed by atoms with Crippen molar-refractivity contribution >= 4 is 11.3 Å². The van der Waals surface area contributed by atoms with Crippen LogP contribution in [0.5, 0.6) is 11.5 Å². The summed E-state index contributed by atoms with van der Waals surface area (Å²) in [5, 5.41) is 3.10. The minimum absolute atomic E-state index is 0.297. The van der Waals surface area contributed by atoms with E-state index in [1.54, 1.807) is 11.3 Å².